The van der Waals surface area contributed by atoms with Gasteiger partial charge in [0.1, 0.15) is 0 Å². The first-order valence-electron chi connectivity index (χ1n) is 12.1. The molecular weight excluding hydrogens is 455 g/mol. The van der Waals surface area contributed by atoms with Crippen LogP contribution in [0.15, 0.2) is 140 Å². The van der Waals surface area contributed by atoms with E-state index in [2.05, 4.69) is 109 Å². The maximum Gasteiger partial charge on any atom is 0.0934 e. The van der Waals surface area contributed by atoms with Crippen LogP contribution in [0.5, 0.6) is 0 Å². The van der Waals surface area contributed by atoms with Gasteiger partial charge in [0.2, 0.25) is 0 Å². The van der Waals surface area contributed by atoms with Crippen LogP contribution < -0.4 is 5.30 Å². The zero-order valence-electron chi connectivity index (χ0n) is 19.8. The molecule has 0 aromatic heterocycles. The first-order chi connectivity index (χ1) is 17.8. The van der Waals surface area contributed by atoms with E-state index in [1.165, 1.54) is 10.8 Å². The van der Waals surface area contributed by atoms with E-state index in [1.54, 1.807) is 0 Å². The van der Waals surface area contributed by atoms with E-state index in [9.17, 15) is 4.57 Å². The molecule has 0 heterocycles. The molecule has 0 saturated carbocycles. The Bertz CT molecular complexity index is 1670. The van der Waals surface area contributed by atoms with Crippen LogP contribution in [0.2, 0.25) is 0 Å². The van der Waals surface area contributed by atoms with E-state index in [-0.39, 0.29) is 0 Å². The second-order valence-electron chi connectivity index (χ2n) is 8.91. The van der Waals surface area contributed by atoms with Crippen LogP contribution in [0.3, 0.4) is 0 Å². The number of hydrogen-bond acceptors (Lipinski definition) is 1. The van der Waals surface area contributed by atoms with E-state index in [4.69, 9.17) is 0 Å². The molecule has 0 aliphatic carbocycles. The topological polar surface area (TPSA) is 17.1 Å². The molecule has 36 heavy (non-hydrogen) atoms. The van der Waals surface area contributed by atoms with Crippen LogP contribution in [-0.2, 0) is 4.57 Å². The van der Waals surface area contributed by atoms with Crippen molar-refractivity contribution in [3.05, 3.63) is 140 Å². The third-order valence-corrected chi connectivity index (χ3v) is 7.57. The normalized spacial score (nSPS) is 11.3. The summed E-state index contributed by atoms with van der Waals surface area (Å²) < 4.78 is 13.2. The minimum atomic E-state index is -1.20. The fourth-order valence-electron chi connectivity index (χ4n) is 5.08. The van der Waals surface area contributed by atoms with Crippen molar-refractivity contribution in [2.45, 2.75) is 0 Å². The highest BCUT2D eigenvalue weighted by Gasteiger charge is 2.21. The second-order valence-corrected chi connectivity index (χ2v) is 9.73. The van der Waals surface area contributed by atoms with Crippen LogP contribution in [0.1, 0.15) is 0 Å². The molecule has 1 unspecified atom stereocenters. The van der Waals surface area contributed by atoms with Crippen molar-refractivity contribution in [3.8, 4) is 44.5 Å². The summed E-state index contributed by atoms with van der Waals surface area (Å²) in [4.78, 5) is 0. The van der Waals surface area contributed by atoms with Gasteiger partial charge in [-0.25, -0.2) is 0 Å². The first kappa shape index (κ1) is 22.3. The van der Waals surface area contributed by atoms with Gasteiger partial charge < -0.3 is 4.57 Å². The van der Waals surface area contributed by atoms with E-state index in [0.717, 1.165) is 49.8 Å². The first-order valence-corrected chi connectivity index (χ1v) is 13.2. The van der Waals surface area contributed by atoms with E-state index < -0.39 is 8.46 Å². The van der Waals surface area contributed by atoms with Crippen molar-refractivity contribution < 1.29 is 4.57 Å². The lowest BCUT2D eigenvalue weighted by molar-refractivity contribution is 0.603. The molecule has 6 aromatic rings. The van der Waals surface area contributed by atoms with Gasteiger partial charge in [-0.05, 0) is 56.3 Å². The van der Waals surface area contributed by atoms with Crippen LogP contribution in [0, 0.1) is 0 Å². The molecule has 2 heteroatoms. The molecular formula is C34H25OP. The highest BCUT2D eigenvalue weighted by atomic mass is 31.1. The van der Waals surface area contributed by atoms with E-state index in [1.807, 2.05) is 30.3 Å². The van der Waals surface area contributed by atoms with Gasteiger partial charge in [0.25, 0.3) is 0 Å². The van der Waals surface area contributed by atoms with Crippen molar-refractivity contribution in [1.29, 1.82) is 0 Å². The lowest BCUT2D eigenvalue weighted by Crippen LogP contribution is -2.08. The van der Waals surface area contributed by atoms with Gasteiger partial charge in [0, 0.05) is 16.4 Å². The summed E-state index contributed by atoms with van der Waals surface area (Å²) in [6.45, 7) is 0. The fourth-order valence-corrected chi connectivity index (χ4v) is 5.96. The maximum absolute atomic E-state index is 13.2. The molecule has 0 N–H and O–H groups in total. The van der Waals surface area contributed by atoms with Crippen molar-refractivity contribution in [2.24, 2.45) is 0 Å². The van der Waals surface area contributed by atoms with Gasteiger partial charge >= 0.3 is 0 Å². The maximum atomic E-state index is 13.2. The van der Waals surface area contributed by atoms with Gasteiger partial charge in [-0.15, -0.1) is 0 Å². The van der Waals surface area contributed by atoms with Crippen molar-refractivity contribution >= 4 is 24.5 Å². The smallest absolute Gasteiger partial charge is 0.0934 e. The summed E-state index contributed by atoms with van der Waals surface area (Å²) in [5, 5.41) is 3.32. The van der Waals surface area contributed by atoms with Gasteiger partial charge in [0.05, 0.1) is 8.46 Å². The summed E-state index contributed by atoms with van der Waals surface area (Å²) in [6.07, 6.45) is 0. The van der Waals surface area contributed by atoms with Crippen LogP contribution >= 0.6 is 8.46 Å². The average molecular weight is 481 g/mol. The van der Waals surface area contributed by atoms with Gasteiger partial charge in [-0.3, -0.25) is 0 Å². The molecule has 1 atom stereocenters. The molecule has 0 fully saturated rings. The number of benzene rings is 6. The standard InChI is InChI=1S/C34H25OP/c35-36-34-32(26-15-6-2-7-16-26)30(25-13-4-1-5-14-25)23-31(33(34)27-17-8-3-9-18-27)29-21-20-24-12-10-11-19-28(24)22-29/h1-23H,36H2. The molecule has 172 valence electrons. The summed E-state index contributed by atoms with van der Waals surface area (Å²) in [6, 6.07) is 48.5. The molecule has 0 aliphatic rings. The van der Waals surface area contributed by atoms with Crippen LogP contribution in [-0.4, -0.2) is 0 Å². The predicted molar refractivity (Wildman–Crippen MR) is 156 cm³/mol. The number of fused-ring (bicyclic) bond motifs is 1. The molecule has 0 radical (unpaired) electrons. The minimum absolute atomic E-state index is 0.914. The summed E-state index contributed by atoms with van der Waals surface area (Å²) in [5.41, 5.74) is 8.70. The van der Waals surface area contributed by atoms with Crippen LogP contribution in [0.4, 0.5) is 0 Å². The minimum Gasteiger partial charge on any atom is -0.325 e. The zero-order valence-corrected chi connectivity index (χ0v) is 20.9. The average Bonchev–Trinajstić information content (AvgIpc) is 2.97. The zero-order chi connectivity index (χ0) is 24.3. The molecule has 0 bridgehead atoms. The lowest BCUT2D eigenvalue weighted by atomic mass is 9.85. The van der Waals surface area contributed by atoms with Gasteiger partial charge in [-0.1, -0.05) is 127 Å². The molecule has 0 spiro atoms. The third-order valence-electron chi connectivity index (χ3n) is 6.75. The summed E-state index contributed by atoms with van der Waals surface area (Å²) in [5.74, 6) is 0. The predicted octanol–water partition coefficient (Wildman–Crippen LogP) is 8.89. The Hall–Kier alpha value is -4.19. The van der Waals surface area contributed by atoms with E-state index in [0.29, 0.717) is 0 Å². The van der Waals surface area contributed by atoms with Crippen molar-refractivity contribution in [3.63, 3.8) is 0 Å². The Morgan fingerprint density at radius 2 is 0.861 bits per heavy atom. The Morgan fingerprint density at radius 1 is 0.389 bits per heavy atom. The number of hydrogen-bond donors (Lipinski definition) is 0. The molecule has 0 aliphatic heterocycles. The quantitative estimate of drug-likeness (QED) is 0.225. The molecule has 0 saturated heterocycles. The van der Waals surface area contributed by atoms with E-state index >= 15 is 0 Å². The Morgan fingerprint density at radius 3 is 1.42 bits per heavy atom. The fraction of sp³-hybridized carbons (Fsp3) is 0. The molecule has 1 nitrogen and oxygen atoms in total. The summed E-state index contributed by atoms with van der Waals surface area (Å²) in [7, 11) is -1.20. The monoisotopic (exact) mass is 480 g/mol. The summed E-state index contributed by atoms with van der Waals surface area (Å²) >= 11 is 0. The highest BCUT2D eigenvalue weighted by molar-refractivity contribution is 7.35. The van der Waals surface area contributed by atoms with Crippen molar-refractivity contribution in [1.82, 2.24) is 0 Å². The van der Waals surface area contributed by atoms with Gasteiger partial charge in [0.15, 0.2) is 0 Å². The SMILES string of the molecule is O=[PH2]c1c(-c2ccccc2)c(-c2ccccc2)cc(-c2ccc3ccccc3c2)c1-c1ccccc1. The number of rotatable bonds is 5. The Balaban J connectivity index is 1.76. The molecule has 6 rings (SSSR count). The van der Waals surface area contributed by atoms with Crippen molar-refractivity contribution in [2.75, 3.05) is 0 Å². The molecule has 6 aromatic carbocycles. The van der Waals surface area contributed by atoms with Crippen LogP contribution in [0.25, 0.3) is 55.3 Å². The second kappa shape index (κ2) is 9.82. The molecule has 0 amide bonds. The largest absolute Gasteiger partial charge is 0.325 e. The Kier molecular flexibility index (Phi) is 6.08. The highest BCUT2D eigenvalue weighted by Crippen LogP contribution is 2.42. The van der Waals surface area contributed by atoms with Gasteiger partial charge in [-0.2, -0.15) is 0 Å². The Labute approximate surface area is 212 Å². The lowest BCUT2D eigenvalue weighted by Gasteiger charge is -2.22. The third kappa shape index (κ3) is 4.09.